The van der Waals surface area contributed by atoms with Gasteiger partial charge in [-0.2, -0.15) is 0 Å². The summed E-state index contributed by atoms with van der Waals surface area (Å²) in [5.74, 6) is -1.06. The number of carboxylic acids is 1. The molecule has 1 aromatic rings. The van der Waals surface area contributed by atoms with Crippen LogP contribution in [0.2, 0.25) is 0 Å². The number of amides is 1. The van der Waals surface area contributed by atoms with Crippen LogP contribution >= 0.6 is 0 Å². The van der Waals surface area contributed by atoms with E-state index >= 15 is 0 Å². The zero-order valence-electron chi connectivity index (χ0n) is 11.2. The zero-order chi connectivity index (χ0) is 14.5. The van der Waals surface area contributed by atoms with Crippen molar-refractivity contribution in [2.45, 2.75) is 12.8 Å². The molecule has 1 unspecified atom stereocenters. The highest BCUT2D eigenvalue weighted by Gasteiger charge is 2.23. The van der Waals surface area contributed by atoms with Gasteiger partial charge in [0, 0.05) is 12.7 Å². The molecule has 0 bridgehead atoms. The standard InChI is InChI=1S/C14H17NO5/c1-19-10-4-5-11(14(17)18)12(7-10)15-13(16)9-3-2-6-20-8-9/h4-5,7,9H,2-3,6,8H2,1H3,(H,15,16)(H,17,18). The minimum Gasteiger partial charge on any atom is -0.497 e. The minimum atomic E-state index is -1.09. The van der Waals surface area contributed by atoms with E-state index in [0.717, 1.165) is 12.8 Å². The Labute approximate surface area is 116 Å². The molecule has 1 aliphatic heterocycles. The fraction of sp³-hybridized carbons (Fsp3) is 0.429. The number of hydrogen-bond acceptors (Lipinski definition) is 4. The Kier molecular flexibility index (Phi) is 4.57. The number of hydrogen-bond donors (Lipinski definition) is 2. The number of nitrogens with one attached hydrogen (secondary N) is 1. The van der Waals surface area contributed by atoms with Gasteiger partial charge in [0.15, 0.2) is 0 Å². The summed E-state index contributed by atoms with van der Waals surface area (Å²) in [6, 6.07) is 4.46. The van der Waals surface area contributed by atoms with Crippen LogP contribution in [0.25, 0.3) is 0 Å². The second-order valence-corrected chi connectivity index (χ2v) is 4.62. The molecule has 6 nitrogen and oxygen atoms in total. The Hall–Kier alpha value is -2.08. The van der Waals surface area contributed by atoms with Gasteiger partial charge in [-0.25, -0.2) is 4.79 Å². The molecular formula is C14H17NO5. The van der Waals surface area contributed by atoms with Crippen molar-refractivity contribution in [1.29, 1.82) is 0 Å². The van der Waals surface area contributed by atoms with Crippen molar-refractivity contribution in [3.05, 3.63) is 23.8 Å². The van der Waals surface area contributed by atoms with E-state index in [0.29, 0.717) is 19.0 Å². The van der Waals surface area contributed by atoms with E-state index in [-0.39, 0.29) is 23.1 Å². The van der Waals surface area contributed by atoms with Gasteiger partial charge in [-0.3, -0.25) is 4.79 Å². The number of ether oxygens (including phenoxy) is 2. The van der Waals surface area contributed by atoms with E-state index < -0.39 is 5.97 Å². The largest absolute Gasteiger partial charge is 0.497 e. The molecule has 2 rings (SSSR count). The third kappa shape index (κ3) is 3.27. The Morgan fingerprint density at radius 2 is 2.25 bits per heavy atom. The van der Waals surface area contributed by atoms with Gasteiger partial charge in [-0.1, -0.05) is 0 Å². The molecule has 6 heteroatoms. The second-order valence-electron chi connectivity index (χ2n) is 4.62. The molecule has 0 aromatic heterocycles. The molecule has 1 heterocycles. The monoisotopic (exact) mass is 279 g/mol. The van der Waals surface area contributed by atoms with Crippen molar-refractivity contribution >= 4 is 17.6 Å². The molecule has 0 radical (unpaired) electrons. The van der Waals surface area contributed by atoms with E-state index in [1.54, 1.807) is 6.07 Å². The maximum Gasteiger partial charge on any atom is 0.337 e. The summed E-state index contributed by atoms with van der Waals surface area (Å²) in [5, 5.41) is 11.8. The number of carboxylic acid groups (broad SMARTS) is 1. The molecule has 0 saturated carbocycles. The van der Waals surface area contributed by atoms with Crippen LogP contribution in [0, 0.1) is 5.92 Å². The molecule has 0 aliphatic carbocycles. The van der Waals surface area contributed by atoms with Crippen LogP contribution in [0.15, 0.2) is 18.2 Å². The molecule has 0 spiro atoms. The van der Waals surface area contributed by atoms with Crippen molar-refractivity contribution in [1.82, 2.24) is 0 Å². The van der Waals surface area contributed by atoms with Crippen LogP contribution in [0.5, 0.6) is 5.75 Å². The highest BCUT2D eigenvalue weighted by atomic mass is 16.5. The third-order valence-electron chi connectivity index (χ3n) is 3.25. The van der Waals surface area contributed by atoms with Crippen molar-refractivity contribution < 1.29 is 24.2 Å². The van der Waals surface area contributed by atoms with Crippen molar-refractivity contribution in [2.24, 2.45) is 5.92 Å². The maximum atomic E-state index is 12.1. The SMILES string of the molecule is COc1ccc(C(=O)O)c(NC(=O)C2CCCOC2)c1. The first-order valence-electron chi connectivity index (χ1n) is 6.41. The normalized spacial score (nSPS) is 18.4. The summed E-state index contributed by atoms with van der Waals surface area (Å²) in [6.45, 7) is 1.04. The molecule has 2 N–H and O–H groups in total. The smallest absolute Gasteiger partial charge is 0.337 e. The van der Waals surface area contributed by atoms with Gasteiger partial charge < -0.3 is 19.9 Å². The molecule has 1 atom stereocenters. The van der Waals surface area contributed by atoms with Crippen molar-refractivity contribution in [3.63, 3.8) is 0 Å². The van der Waals surface area contributed by atoms with Crippen LogP contribution in [0.3, 0.4) is 0 Å². The van der Waals surface area contributed by atoms with Gasteiger partial charge in [-0.05, 0) is 25.0 Å². The van der Waals surface area contributed by atoms with Gasteiger partial charge in [-0.15, -0.1) is 0 Å². The first-order chi connectivity index (χ1) is 9.61. The van der Waals surface area contributed by atoms with Gasteiger partial charge in [0.25, 0.3) is 0 Å². The van der Waals surface area contributed by atoms with E-state index in [9.17, 15) is 9.59 Å². The fourth-order valence-corrected chi connectivity index (χ4v) is 2.12. The molecule has 108 valence electrons. The predicted molar refractivity (Wildman–Crippen MR) is 72.1 cm³/mol. The van der Waals surface area contributed by atoms with E-state index in [2.05, 4.69) is 5.32 Å². The van der Waals surface area contributed by atoms with Crippen LogP contribution in [-0.2, 0) is 9.53 Å². The summed E-state index contributed by atoms with van der Waals surface area (Å²) in [7, 11) is 1.48. The fourth-order valence-electron chi connectivity index (χ4n) is 2.12. The van der Waals surface area contributed by atoms with Crippen LogP contribution in [0.4, 0.5) is 5.69 Å². The molecule has 20 heavy (non-hydrogen) atoms. The Morgan fingerprint density at radius 1 is 1.45 bits per heavy atom. The summed E-state index contributed by atoms with van der Waals surface area (Å²) in [5.41, 5.74) is 0.281. The quantitative estimate of drug-likeness (QED) is 0.877. The molecule has 1 saturated heterocycles. The first kappa shape index (κ1) is 14.3. The number of methoxy groups -OCH3 is 1. The van der Waals surface area contributed by atoms with Crippen LogP contribution in [-0.4, -0.2) is 37.3 Å². The molecule has 1 aliphatic rings. The zero-order valence-corrected chi connectivity index (χ0v) is 11.2. The molecule has 1 amide bonds. The van der Waals surface area contributed by atoms with E-state index in [4.69, 9.17) is 14.6 Å². The number of carbonyl (C=O) groups is 2. The molecular weight excluding hydrogens is 262 g/mol. The summed E-state index contributed by atoms with van der Waals surface area (Å²) in [6.07, 6.45) is 1.58. The number of aromatic carboxylic acids is 1. The molecule has 1 fully saturated rings. The highest BCUT2D eigenvalue weighted by Crippen LogP contribution is 2.24. The maximum absolute atomic E-state index is 12.1. The Morgan fingerprint density at radius 3 is 2.85 bits per heavy atom. The summed E-state index contributed by atoms with van der Waals surface area (Å²) >= 11 is 0. The van der Waals surface area contributed by atoms with Crippen LogP contribution in [0.1, 0.15) is 23.2 Å². The highest BCUT2D eigenvalue weighted by molar-refractivity contribution is 6.01. The van der Waals surface area contributed by atoms with E-state index in [1.807, 2.05) is 0 Å². The first-order valence-corrected chi connectivity index (χ1v) is 6.41. The summed E-state index contributed by atoms with van der Waals surface area (Å²) in [4.78, 5) is 23.3. The lowest BCUT2D eigenvalue weighted by atomic mass is 10.0. The summed E-state index contributed by atoms with van der Waals surface area (Å²) < 4.78 is 10.3. The second kappa shape index (κ2) is 6.38. The number of anilines is 1. The molecule has 1 aromatic carbocycles. The predicted octanol–water partition coefficient (Wildman–Crippen LogP) is 1.76. The lowest BCUT2D eigenvalue weighted by Gasteiger charge is -2.21. The van der Waals surface area contributed by atoms with Crippen molar-refractivity contribution in [2.75, 3.05) is 25.6 Å². The number of rotatable bonds is 4. The van der Waals surface area contributed by atoms with Gasteiger partial charge in [0.1, 0.15) is 5.75 Å². The van der Waals surface area contributed by atoms with Crippen LogP contribution < -0.4 is 10.1 Å². The topological polar surface area (TPSA) is 84.9 Å². The third-order valence-corrected chi connectivity index (χ3v) is 3.25. The van der Waals surface area contributed by atoms with Gasteiger partial charge in [0.2, 0.25) is 5.91 Å². The number of benzene rings is 1. The average Bonchev–Trinajstić information content (AvgIpc) is 2.47. The minimum absolute atomic E-state index is 0.0378. The van der Waals surface area contributed by atoms with E-state index in [1.165, 1.54) is 19.2 Å². The lowest BCUT2D eigenvalue weighted by Crippen LogP contribution is -2.30. The Balaban J connectivity index is 2.17. The average molecular weight is 279 g/mol. The lowest BCUT2D eigenvalue weighted by molar-refractivity contribution is -0.123. The Bertz CT molecular complexity index is 508. The van der Waals surface area contributed by atoms with Gasteiger partial charge >= 0.3 is 5.97 Å². The van der Waals surface area contributed by atoms with Gasteiger partial charge in [0.05, 0.1) is 30.9 Å². The van der Waals surface area contributed by atoms with Crippen molar-refractivity contribution in [3.8, 4) is 5.75 Å². The number of carbonyl (C=O) groups excluding carboxylic acids is 1.